The summed E-state index contributed by atoms with van der Waals surface area (Å²) in [4.78, 5) is 6.17. The third-order valence-corrected chi connectivity index (χ3v) is 4.26. The number of benzene rings is 2. The van der Waals surface area contributed by atoms with Crippen molar-refractivity contribution in [2.45, 2.75) is 16.4 Å². The summed E-state index contributed by atoms with van der Waals surface area (Å²) in [6.07, 6.45) is 1.74. The number of nitrogen functional groups attached to an aromatic ring is 1. The first-order chi connectivity index (χ1) is 11.2. The molecule has 4 nitrogen and oxygen atoms in total. The Kier molecular flexibility index (Phi) is 4.68. The molecule has 0 amide bonds. The zero-order chi connectivity index (χ0) is 16.1. The Balaban J connectivity index is 1.67. The predicted octanol–water partition coefficient (Wildman–Crippen LogP) is 4.10. The third-order valence-electron chi connectivity index (χ3n) is 3.16. The van der Waals surface area contributed by atoms with Crippen molar-refractivity contribution in [3.63, 3.8) is 0 Å². The first-order valence-corrected chi connectivity index (χ1v) is 7.91. The van der Waals surface area contributed by atoms with E-state index in [0.717, 1.165) is 15.5 Å². The van der Waals surface area contributed by atoms with Gasteiger partial charge in [0.1, 0.15) is 18.1 Å². The number of ether oxygens (including phenoxy) is 1. The van der Waals surface area contributed by atoms with Crippen LogP contribution in [0.15, 0.2) is 76.7 Å². The highest BCUT2D eigenvalue weighted by molar-refractivity contribution is 7.99. The van der Waals surface area contributed by atoms with Gasteiger partial charge in [0.15, 0.2) is 0 Å². The smallest absolute Gasteiger partial charge is 0.130 e. The number of aromatic hydroxyl groups is 1. The van der Waals surface area contributed by atoms with Gasteiger partial charge in [0.2, 0.25) is 0 Å². The number of hydrogen-bond donors (Lipinski definition) is 2. The molecule has 3 rings (SSSR count). The van der Waals surface area contributed by atoms with Crippen LogP contribution in [0.1, 0.15) is 5.69 Å². The number of phenols is 1. The number of anilines is 1. The van der Waals surface area contributed by atoms with E-state index in [2.05, 4.69) is 4.98 Å². The predicted molar refractivity (Wildman–Crippen MR) is 91.7 cm³/mol. The van der Waals surface area contributed by atoms with E-state index in [1.807, 2.05) is 48.5 Å². The van der Waals surface area contributed by atoms with E-state index in [1.165, 1.54) is 0 Å². The van der Waals surface area contributed by atoms with Crippen molar-refractivity contribution in [2.24, 2.45) is 0 Å². The number of phenolic OH excluding ortho intramolecular Hbond substituents is 1. The van der Waals surface area contributed by atoms with Crippen LogP contribution in [-0.2, 0) is 6.61 Å². The number of nitrogens with two attached hydrogens (primary N) is 1. The molecule has 23 heavy (non-hydrogen) atoms. The van der Waals surface area contributed by atoms with Gasteiger partial charge in [0, 0.05) is 27.7 Å². The topological polar surface area (TPSA) is 68.4 Å². The van der Waals surface area contributed by atoms with Gasteiger partial charge in [-0.05, 0) is 48.5 Å². The minimum absolute atomic E-state index is 0.251. The minimum atomic E-state index is 0.251. The number of aromatic nitrogens is 1. The largest absolute Gasteiger partial charge is 0.508 e. The van der Waals surface area contributed by atoms with Crippen LogP contribution in [0.2, 0.25) is 0 Å². The molecule has 0 aliphatic rings. The Bertz CT molecular complexity index is 777. The molecule has 0 saturated heterocycles. The lowest BCUT2D eigenvalue weighted by molar-refractivity contribution is 0.301. The Morgan fingerprint density at radius 2 is 1.87 bits per heavy atom. The standard InChI is InChI=1S/C18H16N2O2S/c19-17-11-15(22-12-13-3-1-2-10-20-13)6-9-18(17)23-16-7-4-14(21)5-8-16/h1-11,21H,12,19H2. The van der Waals surface area contributed by atoms with Crippen LogP contribution in [0, 0.1) is 0 Å². The van der Waals surface area contributed by atoms with Gasteiger partial charge in [-0.15, -0.1) is 0 Å². The van der Waals surface area contributed by atoms with Gasteiger partial charge < -0.3 is 15.6 Å². The molecule has 2 aromatic carbocycles. The highest BCUT2D eigenvalue weighted by atomic mass is 32.2. The maximum absolute atomic E-state index is 9.31. The lowest BCUT2D eigenvalue weighted by Gasteiger charge is -2.10. The maximum Gasteiger partial charge on any atom is 0.130 e. The third kappa shape index (κ3) is 4.17. The second-order valence-electron chi connectivity index (χ2n) is 4.91. The van der Waals surface area contributed by atoms with E-state index < -0.39 is 0 Å². The molecular formula is C18H16N2O2S. The second-order valence-corrected chi connectivity index (χ2v) is 6.02. The van der Waals surface area contributed by atoms with Gasteiger partial charge in [0.25, 0.3) is 0 Å². The van der Waals surface area contributed by atoms with Gasteiger partial charge in [-0.2, -0.15) is 0 Å². The first-order valence-electron chi connectivity index (χ1n) is 7.10. The van der Waals surface area contributed by atoms with E-state index in [9.17, 15) is 5.11 Å². The molecule has 1 heterocycles. The zero-order valence-electron chi connectivity index (χ0n) is 12.3. The van der Waals surface area contributed by atoms with Crippen molar-refractivity contribution in [2.75, 3.05) is 5.73 Å². The minimum Gasteiger partial charge on any atom is -0.508 e. The van der Waals surface area contributed by atoms with Crippen LogP contribution in [0.4, 0.5) is 5.69 Å². The molecule has 0 saturated carbocycles. The van der Waals surface area contributed by atoms with Crippen LogP contribution in [0.25, 0.3) is 0 Å². The number of hydrogen-bond acceptors (Lipinski definition) is 5. The molecule has 3 aromatic rings. The summed E-state index contributed by atoms with van der Waals surface area (Å²) < 4.78 is 5.71. The van der Waals surface area contributed by atoms with Crippen molar-refractivity contribution in [3.8, 4) is 11.5 Å². The van der Waals surface area contributed by atoms with E-state index in [4.69, 9.17) is 10.5 Å². The summed E-state index contributed by atoms with van der Waals surface area (Å²) in [5, 5.41) is 9.31. The summed E-state index contributed by atoms with van der Waals surface area (Å²) in [7, 11) is 0. The van der Waals surface area contributed by atoms with E-state index in [1.54, 1.807) is 30.1 Å². The molecule has 0 aliphatic carbocycles. The number of pyridine rings is 1. The Hall–Kier alpha value is -2.66. The molecule has 116 valence electrons. The van der Waals surface area contributed by atoms with Crippen LogP contribution in [-0.4, -0.2) is 10.1 Å². The first kappa shape index (κ1) is 15.2. The van der Waals surface area contributed by atoms with Crippen LogP contribution >= 0.6 is 11.8 Å². The lowest BCUT2D eigenvalue weighted by atomic mass is 10.3. The molecule has 0 radical (unpaired) electrons. The zero-order valence-corrected chi connectivity index (χ0v) is 13.2. The van der Waals surface area contributed by atoms with Gasteiger partial charge in [-0.1, -0.05) is 17.8 Å². The highest BCUT2D eigenvalue weighted by Gasteiger charge is 2.05. The van der Waals surface area contributed by atoms with Crippen LogP contribution in [0.5, 0.6) is 11.5 Å². The molecule has 0 unspecified atom stereocenters. The molecule has 0 aliphatic heterocycles. The van der Waals surface area contributed by atoms with Gasteiger partial charge >= 0.3 is 0 Å². The van der Waals surface area contributed by atoms with E-state index in [0.29, 0.717) is 18.0 Å². The van der Waals surface area contributed by atoms with Gasteiger partial charge in [0.05, 0.1) is 5.69 Å². The normalized spacial score (nSPS) is 10.4. The Morgan fingerprint density at radius 1 is 1.04 bits per heavy atom. The van der Waals surface area contributed by atoms with E-state index >= 15 is 0 Å². The number of rotatable bonds is 5. The lowest BCUT2D eigenvalue weighted by Crippen LogP contribution is -1.98. The summed E-state index contributed by atoms with van der Waals surface area (Å²) in [6.45, 7) is 0.407. The molecular weight excluding hydrogens is 308 g/mol. The second kappa shape index (κ2) is 7.07. The molecule has 1 aromatic heterocycles. The highest BCUT2D eigenvalue weighted by Crippen LogP contribution is 2.34. The van der Waals surface area contributed by atoms with Gasteiger partial charge in [-0.3, -0.25) is 4.98 Å². The SMILES string of the molecule is Nc1cc(OCc2ccccn2)ccc1Sc1ccc(O)cc1. The van der Waals surface area contributed by atoms with Crippen molar-refractivity contribution in [1.29, 1.82) is 0 Å². The van der Waals surface area contributed by atoms with Crippen molar-refractivity contribution < 1.29 is 9.84 Å². The Morgan fingerprint density at radius 3 is 2.57 bits per heavy atom. The average Bonchev–Trinajstić information content (AvgIpc) is 2.58. The fourth-order valence-electron chi connectivity index (χ4n) is 1.99. The summed E-state index contributed by atoms with van der Waals surface area (Å²) >= 11 is 1.54. The molecule has 0 bridgehead atoms. The average molecular weight is 324 g/mol. The van der Waals surface area contributed by atoms with Crippen molar-refractivity contribution >= 4 is 17.4 Å². The van der Waals surface area contributed by atoms with Gasteiger partial charge in [-0.25, -0.2) is 0 Å². The monoisotopic (exact) mass is 324 g/mol. The van der Waals surface area contributed by atoms with Crippen molar-refractivity contribution in [1.82, 2.24) is 4.98 Å². The summed E-state index contributed by atoms with van der Waals surface area (Å²) in [5.41, 5.74) is 7.63. The fourth-order valence-corrected chi connectivity index (χ4v) is 2.83. The summed E-state index contributed by atoms with van der Waals surface area (Å²) in [5.74, 6) is 0.962. The molecule has 3 N–H and O–H groups in total. The van der Waals surface area contributed by atoms with Crippen LogP contribution < -0.4 is 10.5 Å². The van der Waals surface area contributed by atoms with Crippen molar-refractivity contribution in [3.05, 3.63) is 72.6 Å². The van der Waals surface area contributed by atoms with E-state index in [-0.39, 0.29) is 5.75 Å². The Labute approximate surface area is 139 Å². The number of nitrogens with zero attached hydrogens (tertiary/aromatic N) is 1. The summed E-state index contributed by atoms with van der Waals surface area (Å²) in [6, 6.07) is 18.4. The van der Waals surface area contributed by atoms with Crippen LogP contribution in [0.3, 0.4) is 0 Å². The fraction of sp³-hybridized carbons (Fsp3) is 0.0556. The molecule has 0 atom stereocenters. The molecule has 5 heteroatoms. The molecule has 0 spiro atoms. The quantitative estimate of drug-likeness (QED) is 0.692. The molecule has 0 fully saturated rings. The maximum atomic E-state index is 9.31.